The van der Waals surface area contributed by atoms with E-state index in [0.717, 1.165) is 33.0 Å². The molecule has 1 fully saturated rings. The van der Waals surface area contributed by atoms with E-state index in [9.17, 15) is 0 Å². The SMILES string of the molecule is CC(=O)O.C[C@H]1OOC[C@H]([CH2][Hg])O1. The second-order valence-corrected chi connectivity index (χ2v) is 4.76. The molecule has 0 saturated carbocycles. The van der Waals surface area contributed by atoms with E-state index in [1.807, 2.05) is 6.92 Å². The third-order valence-corrected chi connectivity index (χ3v) is 3.67. The molecule has 0 aliphatic carbocycles. The normalized spacial score (nSPS) is 27.4. The molecule has 73 valence electrons. The van der Waals surface area contributed by atoms with E-state index in [4.69, 9.17) is 24.4 Å². The Labute approximate surface area is 93.2 Å². The van der Waals surface area contributed by atoms with E-state index in [0.29, 0.717) is 12.7 Å². The Bertz CT molecular complexity index is 148. The summed E-state index contributed by atoms with van der Waals surface area (Å²) in [4.78, 5) is 18.5. The van der Waals surface area contributed by atoms with Crippen LogP contribution >= 0.6 is 0 Å². The van der Waals surface area contributed by atoms with Gasteiger partial charge in [-0.2, -0.15) is 0 Å². The van der Waals surface area contributed by atoms with Crippen molar-refractivity contribution in [3.05, 3.63) is 0 Å². The van der Waals surface area contributed by atoms with Crippen LogP contribution in [0.25, 0.3) is 0 Å². The van der Waals surface area contributed by atoms with Gasteiger partial charge in [-0.1, -0.05) is 0 Å². The van der Waals surface area contributed by atoms with Gasteiger partial charge < -0.3 is 5.11 Å². The van der Waals surface area contributed by atoms with Gasteiger partial charge >= 0.3 is 70.5 Å². The minimum atomic E-state index is -0.833. The second-order valence-electron chi connectivity index (χ2n) is 2.51. The summed E-state index contributed by atoms with van der Waals surface area (Å²) in [6.45, 7) is 3.53. The molecule has 0 bridgehead atoms. The minimum absolute atomic E-state index is 0.174. The molecule has 0 amide bonds. The predicted octanol–water partition coefficient (Wildman–Crippen LogP) is 0.735. The molecule has 1 heterocycles. The molecular formula is C7H13HgO5. The number of hydrogen-bond acceptors (Lipinski definition) is 4. The van der Waals surface area contributed by atoms with E-state index in [-0.39, 0.29) is 6.29 Å². The fourth-order valence-electron chi connectivity index (χ4n) is 0.695. The fourth-order valence-corrected chi connectivity index (χ4v) is 1.87. The van der Waals surface area contributed by atoms with E-state index >= 15 is 0 Å². The van der Waals surface area contributed by atoms with E-state index in [2.05, 4.69) is 0 Å². The molecule has 13 heavy (non-hydrogen) atoms. The summed E-state index contributed by atoms with van der Waals surface area (Å²) in [6, 6.07) is 0. The Morgan fingerprint density at radius 3 is 2.54 bits per heavy atom. The molecule has 6 heteroatoms. The average molecular weight is 378 g/mol. The van der Waals surface area contributed by atoms with Crippen molar-refractivity contribution in [2.75, 3.05) is 6.61 Å². The first-order valence-electron chi connectivity index (χ1n) is 3.98. The van der Waals surface area contributed by atoms with Gasteiger partial charge in [0.1, 0.15) is 0 Å². The summed E-state index contributed by atoms with van der Waals surface area (Å²) >= 11 is 0.800. The Morgan fingerprint density at radius 2 is 2.23 bits per heavy atom. The van der Waals surface area contributed by atoms with Crippen molar-refractivity contribution in [1.82, 2.24) is 0 Å². The van der Waals surface area contributed by atoms with Gasteiger partial charge in [-0.15, -0.1) is 0 Å². The number of carboxylic acid groups (broad SMARTS) is 1. The first-order chi connectivity index (χ1) is 6.06. The maximum atomic E-state index is 9.00. The van der Waals surface area contributed by atoms with Gasteiger partial charge in [-0.3, -0.25) is 4.79 Å². The van der Waals surface area contributed by atoms with Gasteiger partial charge in [0.2, 0.25) is 0 Å². The molecule has 0 aromatic heterocycles. The molecule has 2 atom stereocenters. The van der Waals surface area contributed by atoms with Crippen LogP contribution in [0.2, 0.25) is 3.93 Å². The van der Waals surface area contributed by atoms with Gasteiger partial charge in [0.15, 0.2) is 0 Å². The molecule has 0 radical (unpaired) electrons. The fraction of sp³-hybridized carbons (Fsp3) is 0.857. The molecule has 0 aromatic rings. The molecule has 0 unspecified atom stereocenters. The van der Waals surface area contributed by atoms with Crippen LogP contribution in [0.5, 0.6) is 0 Å². The number of ether oxygens (including phenoxy) is 1. The van der Waals surface area contributed by atoms with E-state index in [1.165, 1.54) is 3.93 Å². The third kappa shape index (κ3) is 8.61. The van der Waals surface area contributed by atoms with Crippen molar-refractivity contribution in [1.29, 1.82) is 0 Å². The number of rotatable bonds is 1. The standard InChI is InChI=1S/C5H9O3.C2H4O2.Hg/c1-4-3-6-8-5(2)7-4;1-2(3)4;/h4-5H,1,3H2,2H3;1H3,(H,3,4);/t4-,5+;;/m0../s1. The molecule has 1 aliphatic heterocycles. The van der Waals surface area contributed by atoms with Crippen LogP contribution in [0.15, 0.2) is 0 Å². The van der Waals surface area contributed by atoms with Crippen LogP contribution in [0.4, 0.5) is 0 Å². The topological polar surface area (TPSA) is 65.0 Å². The predicted molar refractivity (Wildman–Crippen MR) is 39.5 cm³/mol. The zero-order chi connectivity index (χ0) is 10.3. The summed E-state index contributed by atoms with van der Waals surface area (Å²) in [5.41, 5.74) is 0. The van der Waals surface area contributed by atoms with Gasteiger partial charge in [0.05, 0.1) is 0 Å². The zero-order valence-corrected chi connectivity index (χ0v) is 13.4. The van der Waals surface area contributed by atoms with E-state index in [1.54, 1.807) is 0 Å². The molecule has 5 nitrogen and oxygen atoms in total. The van der Waals surface area contributed by atoms with Crippen molar-refractivity contribution < 1.29 is 50.5 Å². The summed E-state index contributed by atoms with van der Waals surface area (Å²) < 4.78 is 6.51. The van der Waals surface area contributed by atoms with Crippen LogP contribution in [-0.4, -0.2) is 30.1 Å². The van der Waals surface area contributed by atoms with Crippen molar-refractivity contribution in [2.45, 2.75) is 30.2 Å². The summed E-state index contributed by atoms with van der Waals surface area (Å²) in [5.74, 6) is -0.833. The quantitative estimate of drug-likeness (QED) is 0.539. The van der Waals surface area contributed by atoms with Gasteiger partial charge in [0, 0.05) is 6.92 Å². The third-order valence-electron chi connectivity index (χ3n) is 1.16. The average Bonchev–Trinajstić information content (AvgIpc) is 2.03. The number of hydrogen-bond donors (Lipinski definition) is 1. The van der Waals surface area contributed by atoms with Crippen LogP contribution < -0.4 is 0 Å². The Balaban J connectivity index is 0.000000310. The summed E-state index contributed by atoms with van der Waals surface area (Å²) in [5, 5.41) is 7.42. The second kappa shape index (κ2) is 7.67. The molecule has 1 rings (SSSR count). The first kappa shape index (κ1) is 13.3. The summed E-state index contributed by atoms with van der Waals surface area (Å²) in [7, 11) is 0. The van der Waals surface area contributed by atoms with Crippen molar-refractivity contribution in [2.24, 2.45) is 0 Å². The Morgan fingerprint density at radius 1 is 1.69 bits per heavy atom. The number of carbonyl (C=O) groups is 1. The van der Waals surface area contributed by atoms with Crippen molar-refractivity contribution >= 4 is 5.97 Å². The molecule has 1 saturated heterocycles. The Hall–Kier alpha value is 0.285. The zero-order valence-electron chi connectivity index (χ0n) is 7.86. The van der Waals surface area contributed by atoms with Crippen LogP contribution in [0, 0.1) is 0 Å². The molecule has 1 aliphatic rings. The first-order valence-corrected chi connectivity index (χ1v) is 7.87. The molecule has 0 aromatic carbocycles. The van der Waals surface area contributed by atoms with Crippen LogP contribution in [0.1, 0.15) is 13.8 Å². The number of aliphatic carboxylic acids is 1. The molecular weight excluding hydrogens is 365 g/mol. The van der Waals surface area contributed by atoms with Gasteiger partial charge in [0.25, 0.3) is 5.97 Å². The van der Waals surface area contributed by atoms with E-state index < -0.39 is 5.97 Å². The number of carboxylic acids is 1. The Kier molecular flexibility index (Phi) is 7.84. The van der Waals surface area contributed by atoms with Crippen LogP contribution in [-0.2, 0) is 45.4 Å². The van der Waals surface area contributed by atoms with Crippen molar-refractivity contribution in [3.63, 3.8) is 0 Å². The molecule has 0 spiro atoms. The van der Waals surface area contributed by atoms with Crippen LogP contribution in [0.3, 0.4) is 0 Å². The van der Waals surface area contributed by atoms with Gasteiger partial charge in [-0.25, -0.2) is 0 Å². The summed E-state index contributed by atoms with van der Waals surface area (Å²) in [6.07, 6.45) is 0.129. The molecule has 1 N–H and O–H groups in total. The maximum absolute atomic E-state index is 9.00. The van der Waals surface area contributed by atoms with Gasteiger partial charge in [-0.05, 0) is 0 Å². The monoisotopic (exact) mass is 379 g/mol. The van der Waals surface area contributed by atoms with Crippen molar-refractivity contribution in [3.8, 4) is 0 Å².